The van der Waals surface area contributed by atoms with Crippen LogP contribution in [0.1, 0.15) is 26.3 Å². The molecule has 22 heavy (non-hydrogen) atoms. The molecule has 6 heteroatoms. The SMILES string of the molecule is CCN(CC)c1ccc2c(C)c(NC(C)=O)c(=O)oc2c1O. The van der Waals surface area contributed by atoms with E-state index in [2.05, 4.69) is 5.32 Å². The molecule has 2 aromatic rings. The lowest BCUT2D eigenvalue weighted by Crippen LogP contribution is -2.22. The van der Waals surface area contributed by atoms with Crippen molar-refractivity contribution in [3.63, 3.8) is 0 Å². The minimum Gasteiger partial charge on any atom is -0.503 e. The molecule has 0 radical (unpaired) electrons. The molecule has 2 N–H and O–H groups in total. The molecule has 0 saturated heterocycles. The fraction of sp³-hybridized carbons (Fsp3) is 0.375. The van der Waals surface area contributed by atoms with Crippen LogP contribution in [0.5, 0.6) is 5.75 Å². The number of nitrogens with one attached hydrogen (secondary N) is 1. The van der Waals surface area contributed by atoms with Crippen LogP contribution in [0.2, 0.25) is 0 Å². The Balaban J connectivity index is 2.72. The summed E-state index contributed by atoms with van der Waals surface area (Å²) in [7, 11) is 0. The molecule has 1 aromatic heterocycles. The van der Waals surface area contributed by atoms with Crippen molar-refractivity contribution < 1.29 is 14.3 Å². The van der Waals surface area contributed by atoms with E-state index in [1.54, 1.807) is 19.1 Å². The van der Waals surface area contributed by atoms with E-state index < -0.39 is 5.63 Å². The summed E-state index contributed by atoms with van der Waals surface area (Å²) >= 11 is 0. The summed E-state index contributed by atoms with van der Waals surface area (Å²) in [6.07, 6.45) is 0. The molecule has 0 aliphatic carbocycles. The standard InChI is InChI=1S/C16H20N2O4/c1-5-18(6-2)12-8-7-11-9(3)13(17-10(4)19)16(21)22-15(11)14(12)20/h7-8,20H,5-6H2,1-4H3,(H,17,19). The molecule has 0 spiro atoms. The highest BCUT2D eigenvalue weighted by molar-refractivity contribution is 5.96. The van der Waals surface area contributed by atoms with E-state index in [-0.39, 0.29) is 22.9 Å². The van der Waals surface area contributed by atoms with Gasteiger partial charge in [-0.15, -0.1) is 0 Å². The van der Waals surface area contributed by atoms with Crippen LogP contribution >= 0.6 is 0 Å². The van der Waals surface area contributed by atoms with Gasteiger partial charge in [-0.2, -0.15) is 0 Å². The molecule has 0 bridgehead atoms. The lowest BCUT2D eigenvalue weighted by atomic mass is 10.1. The van der Waals surface area contributed by atoms with Gasteiger partial charge in [0.1, 0.15) is 5.69 Å². The van der Waals surface area contributed by atoms with Crippen LogP contribution in [0.15, 0.2) is 21.3 Å². The molecular weight excluding hydrogens is 284 g/mol. The second kappa shape index (κ2) is 6.09. The van der Waals surface area contributed by atoms with Crippen LogP contribution in [0.3, 0.4) is 0 Å². The van der Waals surface area contributed by atoms with E-state index in [4.69, 9.17) is 4.42 Å². The number of aryl methyl sites for hydroxylation is 1. The third-order valence-corrected chi connectivity index (χ3v) is 3.69. The first-order chi connectivity index (χ1) is 10.4. The zero-order valence-electron chi connectivity index (χ0n) is 13.2. The number of fused-ring (bicyclic) bond motifs is 1. The number of hydrogen-bond acceptors (Lipinski definition) is 5. The number of anilines is 2. The Morgan fingerprint density at radius 2 is 1.95 bits per heavy atom. The van der Waals surface area contributed by atoms with E-state index in [1.807, 2.05) is 18.7 Å². The Morgan fingerprint density at radius 3 is 2.50 bits per heavy atom. The topological polar surface area (TPSA) is 82.8 Å². The zero-order chi connectivity index (χ0) is 16.4. The van der Waals surface area contributed by atoms with Crippen molar-refractivity contribution >= 4 is 28.3 Å². The van der Waals surface area contributed by atoms with Crippen LogP contribution in [-0.2, 0) is 4.79 Å². The molecule has 0 fully saturated rings. The Labute approximate surface area is 128 Å². The lowest BCUT2D eigenvalue weighted by Gasteiger charge is -2.22. The number of amides is 1. The second-order valence-corrected chi connectivity index (χ2v) is 5.05. The van der Waals surface area contributed by atoms with Crippen molar-refractivity contribution in [3.05, 3.63) is 28.1 Å². The molecule has 0 atom stereocenters. The van der Waals surface area contributed by atoms with Crippen LogP contribution in [-0.4, -0.2) is 24.1 Å². The first-order valence-corrected chi connectivity index (χ1v) is 7.22. The fourth-order valence-corrected chi connectivity index (χ4v) is 2.53. The van der Waals surface area contributed by atoms with Crippen LogP contribution < -0.4 is 15.8 Å². The van der Waals surface area contributed by atoms with Gasteiger partial charge in [0.25, 0.3) is 0 Å². The van der Waals surface area contributed by atoms with E-state index >= 15 is 0 Å². The van der Waals surface area contributed by atoms with Crippen molar-refractivity contribution in [1.29, 1.82) is 0 Å². The summed E-state index contributed by atoms with van der Waals surface area (Å²) < 4.78 is 5.24. The fourth-order valence-electron chi connectivity index (χ4n) is 2.53. The molecule has 0 unspecified atom stereocenters. The quantitative estimate of drug-likeness (QED) is 0.848. The highest BCUT2D eigenvalue weighted by Crippen LogP contribution is 2.36. The highest BCUT2D eigenvalue weighted by Gasteiger charge is 2.18. The Bertz CT molecular complexity index is 776. The number of phenolic OH excluding ortho intramolecular Hbond substituents is 1. The molecule has 118 valence electrons. The minimum absolute atomic E-state index is 0.0595. The summed E-state index contributed by atoms with van der Waals surface area (Å²) in [5, 5.41) is 13.5. The van der Waals surface area contributed by atoms with Gasteiger partial charge < -0.3 is 19.7 Å². The summed E-state index contributed by atoms with van der Waals surface area (Å²) in [5.74, 6) is -0.408. The monoisotopic (exact) mass is 304 g/mol. The van der Waals surface area contributed by atoms with Gasteiger partial charge in [-0.1, -0.05) is 0 Å². The van der Waals surface area contributed by atoms with E-state index in [0.29, 0.717) is 16.6 Å². The summed E-state index contributed by atoms with van der Waals surface area (Å²) in [6.45, 7) is 8.44. The predicted molar refractivity (Wildman–Crippen MR) is 86.8 cm³/mol. The number of phenols is 1. The van der Waals surface area contributed by atoms with E-state index in [9.17, 15) is 14.7 Å². The Morgan fingerprint density at radius 1 is 1.32 bits per heavy atom. The van der Waals surface area contributed by atoms with Gasteiger partial charge in [-0.25, -0.2) is 4.79 Å². The van der Waals surface area contributed by atoms with Gasteiger partial charge in [-0.3, -0.25) is 4.79 Å². The first kappa shape index (κ1) is 15.9. The van der Waals surface area contributed by atoms with Crippen LogP contribution in [0.25, 0.3) is 11.0 Å². The number of aromatic hydroxyl groups is 1. The normalized spacial score (nSPS) is 10.7. The number of benzene rings is 1. The summed E-state index contributed by atoms with van der Waals surface area (Å²) in [4.78, 5) is 25.2. The summed E-state index contributed by atoms with van der Waals surface area (Å²) in [6, 6.07) is 3.57. The van der Waals surface area contributed by atoms with Gasteiger partial charge in [0.2, 0.25) is 5.91 Å². The van der Waals surface area contributed by atoms with Crippen molar-refractivity contribution in [2.24, 2.45) is 0 Å². The first-order valence-electron chi connectivity index (χ1n) is 7.22. The molecular formula is C16H20N2O4. The van der Waals surface area contributed by atoms with Crippen LogP contribution in [0, 0.1) is 6.92 Å². The number of carbonyl (C=O) groups excluding carboxylic acids is 1. The number of rotatable bonds is 4. The highest BCUT2D eigenvalue weighted by atomic mass is 16.4. The van der Waals surface area contributed by atoms with Crippen molar-refractivity contribution in [2.45, 2.75) is 27.7 Å². The van der Waals surface area contributed by atoms with Crippen LogP contribution in [0.4, 0.5) is 11.4 Å². The average molecular weight is 304 g/mol. The van der Waals surface area contributed by atoms with Gasteiger partial charge in [0.05, 0.1) is 5.69 Å². The number of nitrogens with zero attached hydrogens (tertiary/aromatic N) is 1. The van der Waals surface area contributed by atoms with Gasteiger partial charge in [0, 0.05) is 25.4 Å². The third-order valence-electron chi connectivity index (χ3n) is 3.69. The zero-order valence-corrected chi connectivity index (χ0v) is 13.2. The third kappa shape index (κ3) is 2.64. The molecule has 1 aromatic carbocycles. The maximum absolute atomic E-state index is 12.1. The largest absolute Gasteiger partial charge is 0.503 e. The lowest BCUT2D eigenvalue weighted by molar-refractivity contribution is -0.114. The van der Waals surface area contributed by atoms with Gasteiger partial charge in [-0.05, 0) is 38.5 Å². The predicted octanol–water partition coefficient (Wildman–Crippen LogP) is 2.61. The summed E-state index contributed by atoms with van der Waals surface area (Å²) in [5.41, 5.74) is 0.762. The molecule has 0 aliphatic rings. The van der Waals surface area contributed by atoms with E-state index in [0.717, 1.165) is 13.1 Å². The van der Waals surface area contributed by atoms with Gasteiger partial charge in [0.15, 0.2) is 11.3 Å². The molecule has 1 amide bonds. The number of hydrogen-bond donors (Lipinski definition) is 2. The maximum atomic E-state index is 12.1. The average Bonchev–Trinajstić information content (AvgIpc) is 2.47. The second-order valence-electron chi connectivity index (χ2n) is 5.05. The molecule has 2 rings (SSSR count). The maximum Gasteiger partial charge on any atom is 0.360 e. The van der Waals surface area contributed by atoms with Crippen molar-refractivity contribution in [3.8, 4) is 5.75 Å². The number of carbonyl (C=O) groups is 1. The smallest absolute Gasteiger partial charge is 0.360 e. The van der Waals surface area contributed by atoms with Gasteiger partial charge >= 0.3 is 5.63 Å². The molecule has 1 heterocycles. The molecule has 6 nitrogen and oxygen atoms in total. The molecule has 0 aliphatic heterocycles. The van der Waals surface area contributed by atoms with Crippen molar-refractivity contribution in [2.75, 3.05) is 23.3 Å². The minimum atomic E-state index is -0.674. The van der Waals surface area contributed by atoms with E-state index in [1.165, 1.54) is 6.92 Å². The molecule has 0 saturated carbocycles. The Hall–Kier alpha value is -2.50. The van der Waals surface area contributed by atoms with Crippen molar-refractivity contribution in [1.82, 2.24) is 0 Å². The Kier molecular flexibility index (Phi) is 4.40.